The van der Waals surface area contributed by atoms with Crippen LogP contribution in [0.25, 0.3) is 0 Å². The van der Waals surface area contributed by atoms with Crippen LogP contribution in [0.3, 0.4) is 0 Å². The van der Waals surface area contributed by atoms with E-state index in [1.807, 2.05) is 11.0 Å². The Kier molecular flexibility index (Phi) is 6.49. The molecule has 2 N–H and O–H groups in total. The molecule has 1 aromatic rings. The van der Waals surface area contributed by atoms with E-state index in [0.29, 0.717) is 37.3 Å². The summed E-state index contributed by atoms with van der Waals surface area (Å²) in [4.78, 5) is 38.7. The van der Waals surface area contributed by atoms with E-state index in [1.165, 1.54) is 17.9 Å². The molecule has 0 spiro atoms. The van der Waals surface area contributed by atoms with Crippen molar-refractivity contribution in [3.8, 4) is 6.07 Å². The summed E-state index contributed by atoms with van der Waals surface area (Å²) in [5, 5.41) is 14.9. The number of amides is 3. The van der Waals surface area contributed by atoms with Crippen molar-refractivity contribution >= 4 is 29.3 Å². The van der Waals surface area contributed by atoms with Gasteiger partial charge in [0, 0.05) is 26.1 Å². The van der Waals surface area contributed by atoms with Crippen molar-refractivity contribution in [2.45, 2.75) is 44.8 Å². The minimum atomic E-state index is -0.584. The molecule has 4 rings (SSSR count). The maximum Gasteiger partial charge on any atom is 0.414 e. The molecular weight excluding hydrogens is 429 g/mol. The largest absolute Gasteiger partial charge is 0.442 e. The van der Waals surface area contributed by atoms with Crippen molar-refractivity contribution in [3.63, 3.8) is 0 Å². The van der Waals surface area contributed by atoms with Crippen LogP contribution in [0, 0.1) is 17.1 Å². The zero-order chi connectivity index (χ0) is 23.5. The van der Waals surface area contributed by atoms with Crippen LogP contribution in [0.4, 0.5) is 20.6 Å². The number of nitriles is 1. The van der Waals surface area contributed by atoms with E-state index in [-0.39, 0.29) is 36.5 Å². The first-order valence-corrected chi connectivity index (χ1v) is 11.1. The van der Waals surface area contributed by atoms with Crippen LogP contribution in [0.2, 0.25) is 0 Å². The molecule has 3 aliphatic rings. The Bertz CT molecular complexity index is 1040. The quantitative estimate of drug-likeness (QED) is 0.501. The molecule has 174 valence electrons. The van der Waals surface area contributed by atoms with Gasteiger partial charge in [-0.05, 0) is 49.5 Å². The monoisotopic (exact) mass is 455 g/mol. The Labute approximate surface area is 191 Å². The summed E-state index contributed by atoms with van der Waals surface area (Å²) in [5.74, 6) is -0.997. The SMILES string of the molecule is CC(=O)NC[C@H]1CN(c2ccc(N3CCC(=C(C#N)C(=O)NC4CC4)CC3)c(F)c2)C(=O)O1. The van der Waals surface area contributed by atoms with Gasteiger partial charge in [0.25, 0.3) is 5.91 Å². The van der Waals surface area contributed by atoms with Gasteiger partial charge in [0.1, 0.15) is 23.6 Å². The minimum absolute atomic E-state index is 0.179. The molecule has 10 heteroatoms. The molecule has 33 heavy (non-hydrogen) atoms. The van der Waals surface area contributed by atoms with Crippen molar-refractivity contribution < 1.29 is 23.5 Å². The smallest absolute Gasteiger partial charge is 0.414 e. The molecule has 2 saturated heterocycles. The molecule has 0 aromatic heterocycles. The third kappa shape index (κ3) is 5.25. The minimum Gasteiger partial charge on any atom is -0.442 e. The van der Waals surface area contributed by atoms with Gasteiger partial charge in [0.2, 0.25) is 5.91 Å². The second-order valence-electron chi connectivity index (χ2n) is 8.51. The maximum absolute atomic E-state index is 15.0. The van der Waals surface area contributed by atoms with Crippen LogP contribution in [-0.4, -0.2) is 56.2 Å². The second kappa shape index (κ2) is 9.48. The van der Waals surface area contributed by atoms with Gasteiger partial charge in [0.05, 0.1) is 24.5 Å². The molecule has 0 unspecified atom stereocenters. The topological polar surface area (TPSA) is 115 Å². The third-order valence-corrected chi connectivity index (χ3v) is 6.01. The number of rotatable bonds is 6. The van der Waals surface area contributed by atoms with E-state index >= 15 is 0 Å². The van der Waals surface area contributed by atoms with Crippen LogP contribution in [-0.2, 0) is 14.3 Å². The number of carbonyl (C=O) groups excluding carboxylic acids is 3. The molecule has 0 radical (unpaired) electrons. The highest BCUT2D eigenvalue weighted by molar-refractivity contribution is 5.98. The molecule has 2 heterocycles. The summed E-state index contributed by atoms with van der Waals surface area (Å²) in [6.45, 7) is 2.77. The summed E-state index contributed by atoms with van der Waals surface area (Å²) >= 11 is 0. The lowest BCUT2D eigenvalue weighted by Crippen LogP contribution is -2.34. The highest BCUT2D eigenvalue weighted by Crippen LogP contribution is 2.31. The summed E-state index contributed by atoms with van der Waals surface area (Å²) < 4.78 is 20.2. The van der Waals surface area contributed by atoms with Gasteiger partial charge in [-0.15, -0.1) is 0 Å². The Morgan fingerprint density at radius 1 is 1.27 bits per heavy atom. The summed E-state index contributed by atoms with van der Waals surface area (Å²) in [6.07, 6.45) is 1.83. The molecule has 1 aliphatic carbocycles. The highest BCUT2D eigenvalue weighted by Gasteiger charge is 2.33. The fourth-order valence-corrected chi connectivity index (χ4v) is 4.06. The molecule has 0 bridgehead atoms. The van der Waals surface area contributed by atoms with Crippen LogP contribution in [0.5, 0.6) is 0 Å². The molecule has 1 saturated carbocycles. The Hall–Kier alpha value is -3.61. The number of ether oxygens (including phenoxy) is 1. The summed E-state index contributed by atoms with van der Waals surface area (Å²) in [5.41, 5.74) is 1.77. The fraction of sp³-hybridized carbons (Fsp3) is 0.478. The van der Waals surface area contributed by atoms with Crippen LogP contribution >= 0.6 is 0 Å². The highest BCUT2D eigenvalue weighted by atomic mass is 19.1. The lowest BCUT2D eigenvalue weighted by Gasteiger charge is -2.31. The number of piperidine rings is 1. The molecule has 3 amide bonds. The average molecular weight is 455 g/mol. The summed E-state index contributed by atoms with van der Waals surface area (Å²) in [7, 11) is 0. The van der Waals surface area contributed by atoms with Gasteiger partial charge in [-0.1, -0.05) is 0 Å². The van der Waals surface area contributed by atoms with Crippen molar-refractivity contribution in [2.24, 2.45) is 0 Å². The van der Waals surface area contributed by atoms with Crippen molar-refractivity contribution in [2.75, 3.05) is 36.0 Å². The number of nitrogens with one attached hydrogen (secondary N) is 2. The number of anilines is 2. The first-order chi connectivity index (χ1) is 15.9. The number of benzene rings is 1. The van der Waals surface area contributed by atoms with E-state index in [1.54, 1.807) is 12.1 Å². The van der Waals surface area contributed by atoms with Gasteiger partial charge >= 0.3 is 6.09 Å². The maximum atomic E-state index is 15.0. The van der Waals surface area contributed by atoms with E-state index in [2.05, 4.69) is 10.6 Å². The average Bonchev–Trinajstić information content (AvgIpc) is 3.52. The van der Waals surface area contributed by atoms with Gasteiger partial charge in [-0.3, -0.25) is 14.5 Å². The van der Waals surface area contributed by atoms with E-state index in [0.717, 1.165) is 18.4 Å². The van der Waals surface area contributed by atoms with Crippen molar-refractivity contribution in [3.05, 3.63) is 35.2 Å². The van der Waals surface area contributed by atoms with E-state index < -0.39 is 18.0 Å². The zero-order valence-electron chi connectivity index (χ0n) is 18.4. The lowest BCUT2D eigenvalue weighted by atomic mass is 9.97. The number of halogens is 1. The van der Waals surface area contributed by atoms with Gasteiger partial charge < -0.3 is 20.3 Å². The van der Waals surface area contributed by atoms with Crippen LogP contribution in [0.15, 0.2) is 29.3 Å². The Morgan fingerprint density at radius 3 is 2.61 bits per heavy atom. The van der Waals surface area contributed by atoms with Gasteiger partial charge in [-0.2, -0.15) is 5.26 Å². The van der Waals surface area contributed by atoms with Crippen LogP contribution in [0.1, 0.15) is 32.6 Å². The zero-order valence-corrected chi connectivity index (χ0v) is 18.4. The van der Waals surface area contributed by atoms with Crippen molar-refractivity contribution in [1.82, 2.24) is 10.6 Å². The number of hydrogen-bond donors (Lipinski definition) is 2. The molecule has 2 aliphatic heterocycles. The predicted molar refractivity (Wildman–Crippen MR) is 118 cm³/mol. The normalized spacial score (nSPS) is 20.2. The molecule has 9 nitrogen and oxygen atoms in total. The van der Waals surface area contributed by atoms with E-state index in [9.17, 15) is 24.0 Å². The molecule has 1 aromatic carbocycles. The van der Waals surface area contributed by atoms with Gasteiger partial charge in [0.15, 0.2) is 0 Å². The first kappa shape index (κ1) is 22.6. The molecular formula is C23H26FN5O4. The van der Waals surface area contributed by atoms with Crippen molar-refractivity contribution in [1.29, 1.82) is 5.26 Å². The number of cyclic esters (lactones) is 1. The van der Waals surface area contributed by atoms with E-state index in [4.69, 9.17) is 4.74 Å². The predicted octanol–water partition coefficient (Wildman–Crippen LogP) is 1.99. The van der Waals surface area contributed by atoms with Crippen LogP contribution < -0.4 is 20.4 Å². The first-order valence-electron chi connectivity index (χ1n) is 11.1. The third-order valence-electron chi connectivity index (χ3n) is 6.01. The standard InChI is InChI=1S/C23H26FN5O4/c1-14(30)26-12-18-13-29(23(32)33-18)17-4-5-21(20(24)10-17)28-8-6-15(7-9-28)19(11-25)22(31)27-16-2-3-16/h4-5,10,16,18H,2-3,6-9,12-13H2,1H3,(H,26,30)(H,27,31)/t18-/m0/s1. The number of hydrogen-bond acceptors (Lipinski definition) is 6. The molecule has 1 atom stereocenters. The Morgan fingerprint density at radius 2 is 2.00 bits per heavy atom. The molecule has 3 fully saturated rings. The fourth-order valence-electron chi connectivity index (χ4n) is 4.06. The lowest BCUT2D eigenvalue weighted by molar-refractivity contribution is -0.119. The summed E-state index contributed by atoms with van der Waals surface area (Å²) in [6, 6.07) is 6.80. The van der Waals surface area contributed by atoms with Gasteiger partial charge in [-0.25, -0.2) is 9.18 Å². The number of nitrogens with zero attached hydrogens (tertiary/aromatic N) is 3. The number of carbonyl (C=O) groups is 3. The second-order valence-corrected chi connectivity index (χ2v) is 8.51. The Balaban J connectivity index is 1.39.